The third-order valence-electron chi connectivity index (χ3n) is 4.30. The van der Waals surface area contributed by atoms with Gasteiger partial charge < -0.3 is 19.5 Å². The van der Waals surface area contributed by atoms with E-state index in [4.69, 9.17) is 14.2 Å². The van der Waals surface area contributed by atoms with Crippen LogP contribution in [0.4, 0.5) is 0 Å². The molecule has 1 aliphatic rings. The quantitative estimate of drug-likeness (QED) is 0.653. The molecular formula is C20H21N5O4. The molecule has 0 fully saturated rings. The zero-order valence-corrected chi connectivity index (χ0v) is 16.2. The lowest BCUT2D eigenvalue weighted by molar-refractivity contribution is -0.122. The predicted molar refractivity (Wildman–Crippen MR) is 104 cm³/mol. The van der Waals surface area contributed by atoms with Crippen LogP contribution in [-0.2, 0) is 11.3 Å². The second-order valence-electron chi connectivity index (χ2n) is 6.80. The largest absolute Gasteiger partial charge is 0.491 e. The minimum atomic E-state index is -0.223. The lowest BCUT2D eigenvalue weighted by Gasteiger charge is -2.15. The molecular weight excluding hydrogens is 374 g/mol. The molecule has 2 heterocycles. The summed E-state index contributed by atoms with van der Waals surface area (Å²) in [6.07, 6.45) is 0. The number of amides is 1. The first-order chi connectivity index (χ1) is 14.1. The van der Waals surface area contributed by atoms with Crippen molar-refractivity contribution in [3.8, 4) is 28.6 Å². The highest BCUT2D eigenvalue weighted by Crippen LogP contribution is 2.35. The van der Waals surface area contributed by atoms with Gasteiger partial charge in [-0.2, -0.15) is 4.80 Å². The minimum Gasteiger partial charge on any atom is -0.491 e. The molecule has 0 aliphatic carbocycles. The van der Waals surface area contributed by atoms with Crippen LogP contribution in [-0.4, -0.2) is 45.6 Å². The Morgan fingerprint density at radius 2 is 2.00 bits per heavy atom. The number of rotatable bonds is 7. The number of ether oxygens (including phenoxy) is 3. The first-order valence-electron chi connectivity index (χ1n) is 9.23. The van der Waals surface area contributed by atoms with E-state index < -0.39 is 0 Å². The van der Waals surface area contributed by atoms with Crippen LogP contribution >= 0.6 is 0 Å². The summed E-state index contributed by atoms with van der Waals surface area (Å²) >= 11 is 0. The van der Waals surface area contributed by atoms with Crippen molar-refractivity contribution in [2.45, 2.75) is 26.4 Å². The fourth-order valence-electron chi connectivity index (χ4n) is 2.81. The maximum Gasteiger partial charge on any atom is 0.244 e. The Hall–Kier alpha value is -3.62. The number of aryl methyl sites for hydroxylation is 1. The highest BCUT2D eigenvalue weighted by Gasteiger charge is 2.15. The van der Waals surface area contributed by atoms with Crippen LogP contribution in [0, 0.1) is 6.92 Å². The molecule has 0 radical (unpaired) electrons. The van der Waals surface area contributed by atoms with Crippen LogP contribution in [0.2, 0.25) is 0 Å². The molecule has 1 aliphatic heterocycles. The molecule has 150 valence electrons. The van der Waals surface area contributed by atoms with Crippen molar-refractivity contribution in [2.24, 2.45) is 0 Å². The van der Waals surface area contributed by atoms with E-state index in [-0.39, 0.29) is 25.3 Å². The summed E-state index contributed by atoms with van der Waals surface area (Å²) in [4.78, 5) is 13.5. The maximum atomic E-state index is 12.2. The van der Waals surface area contributed by atoms with E-state index in [1.54, 1.807) is 18.2 Å². The van der Waals surface area contributed by atoms with Gasteiger partial charge in [-0.05, 0) is 31.2 Å². The summed E-state index contributed by atoms with van der Waals surface area (Å²) in [6, 6.07) is 13.0. The smallest absolute Gasteiger partial charge is 0.244 e. The summed E-state index contributed by atoms with van der Waals surface area (Å²) < 4.78 is 16.3. The first kappa shape index (κ1) is 18.7. The molecule has 9 heteroatoms. The monoisotopic (exact) mass is 395 g/mol. The lowest BCUT2D eigenvalue weighted by atomic mass is 10.1. The average Bonchev–Trinajstić information content (AvgIpc) is 3.36. The van der Waals surface area contributed by atoms with Gasteiger partial charge in [0.15, 0.2) is 11.5 Å². The zero-order chi connectivity index (χ0) is 20.2. The molecule has 1 amide bonds. The molecule has 1 unspecified atom stereocenters. The van der Waals surface area contributed by atoms with Crippen LogP contribution in [0.5, 0.6) is 17.2 Å². The van der Waals surface area contributed by atoms with Crippen molar-refractivity contribution in [2.75, 3.05) is 13.4 Å². The second-order valence-corrected chi connectivity index (χ2v) is 6.80. The van der Waals surface area contributed by atoms with Gasteiger partial charge in [-0.1, -0.05) is 29.8 Å². The van der Waals surface area contributed by atoms with Crippen LogP contribution in [0.1, 0.15) is 12.5 Å². The molecule has 1 N–H and O–H groups in total. The number of nitrogens with zero attached hydrogens (tertiary/aromatic N) is 4. The van der Waals surface area contributed by atoms with Gasteiger partial charge in [0.05, 0.1) is 6.04 Å². The van der Waals surface area contributed by atoms with Gasteiger partial charge in [-0.3, -0.25) is 4.79 Å². The molecule has 29 heavy (non-hydrogen) atoms. The van der Waals surface area contributed by atoms with Gasteiger partial charge in [0.2, 0.25) is 18.5 Å². The predicted octanol–water partition coefficient (Wildman–Crippen LogP) is 1.96. The highest BCUT2D eigenvalue weighted by molar-refractivity contribution is 5.75. The molecule has 0 bridgehead atoms. The van der Waals surface area contributed by atoms with E-state index in [0.29, 0.717) is 29.7 Å². The third-order valence-corrected chi connectivity index (χ3v) is 4.30. The number of carbonyl (C=O) groups is 1. The van der Waals surface area contributed by atoms with Crippen molar-refractivity contribution in [3.63, 3.8) is 0 Å². The number of fused-ring (bicyclic) bond motifs is 1. The number of hydrogen-bond acceptors (Lipinski definition) is 7. The zero-order valence-electron chi connectivity index (χ0n) is 16.2. The fraction of sp³-hybridized carbons (Fsp3) is 0.300. The van der Waals surface area contributed by atoms with Crippen molar-refractivity contribution in [1.82, 2.24) is 25.5 Å². The van der Waals surface area contributed by atoms with Crippen molar-refractivity contribution in [3.05, 3.63) is 48.0 Å². The molecule has 1 aromatic heterocycles. The number of tetrazole rings is 1. The summed E-state index contributed by atoms with van der Waals surface area (Å²) in [6.45, 7) is 4.37. The standard InChI is InChI=1S/C20H21N5O4/c1-13-3-5-15(6-4-13)20-22-24-25(23-20)10-19(26)21-14(2)11-27-16-7-8-17-18(9-16)29-12-28-17/h3-9,14H,10-12H2,1-2H3,(H,21,26). The molecule has 0 saturated carbocycles. The lowest BCUT2D eigenvalue weighted by Crippen LogP contribution is -2.39. The fourth-order valence-corrected chi connectivity index (χ4v) is 2.81. The number of benzene rings is 2. The van der Waals surface area contributed by atoms with E-state index in [1.807, 2.05) is 38.1 Å². The number of nitrogens with one attached hydrogen (secondary N) is 1. The van der Waals surface area contributed by atoms with Gasteiger partial charge in [-0.25, -0.2) is 0 Å². The Balaban J connectivity index is 1.26. The summed E-state index contributed by atoms with van der Waals surface area (Å²) in [5, 5.41) is 15.1. The Morgan fingerprint density at radius 3 is 2.83 bits per heavy atom. The maximum absolute atomic E-state index is 12.2. The van der Waals surface area contributed by atoms with Gasteiger partial charge >= 0.3 is 0 Å². The van der Waals surface area contributed by atoms with Gasteiger partial charge in [-0.15, -0.1) is 10.2 Å². The summed E-state index contributed by atoms with van der Waals surface area (Å²) in [5.74, 6) is 2.26. The van der Waals surface area contributed by atoms with E-state index in [1.165, 1.54) is 4.80 Å². The molecule has 0 spiro atoms. The van der Waals surface area contributed by atoms with Gasteiger partial charge in [0.25, 0.3) is 0 Å². The normalized spacial score (nSPS) is 13.2. The summed E-state index contributed by atoms with van der Waals surface area (Å²) in [7, 11) is 0. The molecule has 9 nitrogen and oxygen atoms in total. The topological polar surface area (TPSA) is 100 Å². The number of aromatic nitrogens is 4. The molecule has 1 atom stereocenters. The van der Waals surface area contributed by atoms with Crippen molar-refractivity contribution >= 4 is 5.91 Å². The molecule has 2 aromatic carbocycles. The Bertz CT molecular complexity index is 1000. The van der Waals surface area contributed by atoms with Crippen molar-refractivity contribution < 1.29 is 19.0 Å². The van der Waals surface area contributed by atoms with E-state index in [0.717, 1.165) is 11.1 Å². The number of carbonyl (C=O) groups excluding carboxylic acids is 1. The molecule has 0 saturated heterocycles. The van der Waals surface area contributed by atoms with Crippen LogP contribution in [0.3, 0.4) is 0 Å². The van der Waals surface area contributed by atoms with E-state index in [9.17, 15) is 4.79 Å². The Morgan fingerprint density at radius 1 is 1.21 bits per heavy atom. The molecule has 4 rings (SSSR count). The van der Waals surface area contributed by atoms with E-state index in [2.05, 4.69) is 20.7 Å². The third kappa shape index (κ3) is 4.63. The Labute approximate surface area is 167 Å². The van der Waals surface area contributed by atoms with Gasteiger partial charge in [0.1, 0.15) is 18.9 Å². The second kappa shape index (κ2) is 8.17. The number of hydrogen-bond donors (Lipinski definition) is 1. The van der Waals surface area contributed by atoms with Crippen LogP contribution in [0.15, 0.2) is 42.5 Å². The van der Waals surface area contributed by atoms with Crippen LogP contribution in [0.25, 0.3) is 11.4 Å². The molecule has 3 aromatic rings. The average molecular weight is 395 g/mol. The minimum absolute atomic E-state index is 0.0206. The summed E-state index contributed by atoms with van der Waals surface area (Å²) in [5.41, 5.74) is 2.00. The van der Waals surface area contributed by atoms with Gasteiger partial charge in [0, 0.05) is 11.6 Å². The van der Waals surface area contributed by atoms with Crippen LogP contribution < -0.4 is 19.5 Å². The van der Waals surface area contributed by atoms with Crippen molar-refractivity contribution in [1.29, 1.82) is 0 Å². The first-order valence-corrected chi connectivity index (χ1v) is 9.23. The SMILES string of the molecule is Cc1ccc(-c2nnn(CC(=O)NC(C)COc3ccc4c(c3)OCO4)n2)cc1. The van der Waals surface area contributed by atoms with E-state index >= 15 is 0 Å². The highest BCUT2D eigenvalue weighted by atomic mass is 16.7. The Kier molecular flexibility index (Phi) is 5.28.